The molecule has 2 aromatic rings. The first-order valence-electron chi connectivity index (χ1n) is 6.25. The number of hydrogen-bond acceptors (Lipinski definition) is 2. The first-order valence-corrected chi connectivity index (χ1v) is 6.25. The molecule has 0 aromatic heterocycles. The number of hydrogen-bond donors (Lipinski definition) is 1. The Morgan fingerprint density at radius 2 is 1.95 bits per heavy atom. The summed E-state index contributed by atoms with van der Waals surface area (Å²) >= 11 is 0. The van der Waals surface area contributed by atoms with E-state index in [0.29, 0.717) is 12.0 Å². The van der Waals surface area contributed by atoms with E-state index in [0.717, 1.165) is 16.9 Å². The second-order valence-electron chi connectivity index (χ2n) is 4.65. The maximum Gasteiger partial charge on any atom is 0.128 e. The molecule has 0 aliphatic heterocycles. The number of methoxy groups -OCH3 is 1. The Balaban J connectivity index is 2.23. The number of para-hydroxylation sites is 1. The van der Waals surface area contributed by atoms with Crippen LogP contribution in [0.5, 0.6) is 5.75 Å². The van der Waals surface area contributed by atoms with E-state index in [1.54, 1.807) is 13.2 Å². The second-order valence-corrected chi connectivity index (χ2v) is 4.65. The molecule has 2 rings (SSSR count). The molecule has 0 aliphatic rings. The molecule has 3 heteroatoms. The van der Waals surface area contributed by atoms with Gasteiger partial charge in [0.2, 0.25) is 0 Å². The van der Waals surface area contributed by atoms with E-state index in [9.17, 15) is 4.39 Å². The van der Waals surface area contributed by atoms with Crippen molar-refractivity contribution in [3.05, 3.63) is 65.0 Å². The van der Waals surface area contributed by atoms with Crippen LogP contribution in [0.25, 0.3) is 0 Å². The zero-order valence-electron chi connectivity index (χ0n) is 11.2. The molecule has 0 saturated heterocycles. The van der Waals surface area contributed by atoms with Gasteiger partial charge in [0.1, 0.15) is 11.6 Å². The first-order chi connectivity index (χ1) is 9.11. The average Bonchev–Trinajstić information content (AvgIpc) is 2.39. The maximum atomic E-state index is 13.9. The monoisotopic (exact) mass is 259 g/mol. The van der Waals surface area contributed by atoms with E-state index in [1.165, 1.54) is 6.07 Å². The molecule has 19 heavy (non-hydrogen) atoms. The summed E-state index contributed by atoms with van der Waals surface area (Å²) in [7, 11) is 1.62. The summed E-state index contributed by atoms with van der Waals surface area (Å²) in [6.45, 7) is 1.86. The Bertz CT molecular complexity index is 568. The van der Waals surface area contributed by atoms with Gasteiger partial charge in [-0.1, -0.05) is 30.3 Å². The molecule has 0 spiro atoms. The molecule has 0 aliphatic carbocycles. The summed E-state index contributed by atoms with van der Waals surface area (Å²) in [6.07, 6.45) is 0.546. The van der Waals surface area contributed by atoms with Crippen molar-refractivity contribution in [2.45, 2.75) is 19.4 Å². The van der Waals surface area contributed by atoms with Crippen LogP contribution in [0.2, 0.25) is 0 Å². The van der Waals surface area contributed by atoms with Gasteiger partial charge in [-0.2, -0.15) is 0 Å². The maximum absolute atomic E-state index is 13.9. The van der Waals surface area contributed by atoms with E-state index < -0.39 is 0 Å². The summed E-state index contributed by atoms with van der Waals surface area (Å²) in [4.78, 5) is 0. The van der Waals surface area contributed by atoms with E-state index >= 15 is 0 Å². The fourth-order valence-corrected chi connectivity index (χ4v) is 2.15. The molecule has 0 amide bonds. The molecule has 2 aromatic carbocycles. The lowest BCUT2D eigenvalue weighted by atomic mass is 9.98. The first kappa shape index (κ1) is 13.6. The number of ether oxygens (including phenoxy) is 1. The minimum Gasteiger partial charge on any atom is -0.496 e. The SMILES string of the molecule is COc1ccccc1CC(N)c1ccc(C)cc1F. The van der Waals surface area contributed by atoms with Gasteiger partial charge in [-0.25, -0.2) is 4.39 Å². The van der Waals surface area contributed by atoms with Crippen LogP contribution in [0.15, 0.2) is 42.5 Å². The molecule has 0 saturated carbocycles. The van der Waals surface area contributed by atoms with Crippen molar-refractivity contribution >= 4 is 0 Å². The predicted molar refractivity (Wildman–Crippen MR) is 74.8 cm³/mol. The van der Waals surface area contributed by atoms with Gasteiger partial charge in [0.25, 0.3) is 0 Å². The van der Waals surface area contributed by atoms with E-state index in [2.05, 4.69) is 0 Å². The van der Waals surface area contributed by atoms with Crippen LogP contribution >= 0.6 is 0 Å². The Morgan fingerprint density at radius 1 is 1.21 bits per heavy atom. The second kappa shape index (κ2) is 5.85. The number of halogens is 1. The largest absolute Gasteiger partial charge is 0.496 e. The van der Waals surface area contributed by atoms with Crippen molar-refractivity contribution in [2.75, 3.05) is 7.11 Å². The third-order valence-electron chi connectivity index (χ3n) is 3.19. The molecule has 1 unspecified atom stereocenters. The summed E-state index contributed by atoms with van der Waals surface area (Å²) in [5.41, 5.74) is 8.52. The number of aryl methyl sites for hydroxylation is 1. The average molecular weight is 259 g/mol. The quantitative estimate of drug-likeness (QED) is 0.913. The highest BCUT2D eigenvalue weighted by molar-refractivity contribution is 5.35. The van der Waals surface area contributed by atoms with E-state index in [-0.39, 0.29) is 11.9 Å². The predicted octanol–water partition coefficient (Wildman–Crippen LogP) is 3.39. The van der Waals surface area contributed by atoms with Crippen LogP contribution in [-0.2, 0) is 6.42 Å². The van der Waals surface area contributed by atoms with Gasteiger partial charge in [0, 0.05) is 11.6 Å². The number of rotatable bonds is 4. The molecule has 0 bridgehead atoms. The highest BCUT2D eigenvalue weighted by Crippen LogP contribution is 2.25. The zero-order chi connectivity index (χ0) is 13.8. The minimum atomic E-state index is -0.378. The zero-order valence-corrected chi connectivity index (χ0v) is 11.2. The van der Waals surface area contributed by atoms with Gasteiger partial charge in [-0.3, -0.25) is 0 Å². The summed E-state index contributed by atoms with van der Waals surface area (Å²) < 4.78 is 19.2. The molecule has 2 N–H and O–H groups in total. The van der Waals surface area contributed by atoms with Crippen molar-refractivity contribution in [2.24, 2.45) is 5.73 Å². The fourth-order valence-electron chi connectivity index (χ4n) is 2.15. The Labute approximate surface area is 113 Å². The normalized spacial score (nSPS) is 12.2. The van der Waals surface area contributed by atoms with Gasteiger partial charge in [0.15, 0.2) is 0 Å². The molecular weight excluding hydrogens is 241 g/mol. The Kier molecular flexibility index (Phi) is 4.17. The summed E-state index contributed by atoms with van der Waals surface area (Å²) in [5.74, 6) is 0.535. The highest BCUT2D eigenvalue weighted by Gasteiger charge is 2.14. The highest BCUT2D eigenvalue weighted by atomic mass is 19.1. The standard InChI is InChI=1S/C16H18FNO/c1-11-7-8-13(14(17)9-11)15(18)10-12-5-3-4-6-16(12)19-2/h3-9,15H,10,18H2,1-2H3. The molecule has 100 valence electrons. The van der Waals surface area contributed by atoms with Crippen molar-refractivity contribution in [3.63, 3.8) is 0 Å². The molecule has 0 radical (unpaired) electrons. The minimum absolute atomic E-state index is 0.248. The van der Waals surface area contributed by atoms with Crippen LogP contribution in [0.1, 0.15) is 22.7 Å². The van der Waals surface area contributed by atoms with E-state index in [4.69, 9.17) is 10.5 Å². The Morgan fingerprint density at radius 3 is 2.63 bits per heavy atom. The van der Waals surface area contributed by atoms with Crippen molar-refractivity contribution in [3.8, 4) is 5.75 Å². The van der Waals surface area contributed by atoms with Crippen molar-refractivity contribution < 1.29 is 9.13 Å². The van der Waals surface area contributed by atoms with Crippen LogP contribution in [0.4, 0.5) is 4.39 Å². The summed E-state index contributed by atoms with van der Waals surface area (Å²) in [6, 6.07) is 12.4. The lowest BCUT2D eigenvalue weighted by molar-refractivity contribution is 0.408. The summed E-state index contributed by atoms with van der Waals surface area (Å²) in [5, 5.41) is 0. The van der Waals surface area contributed by atoms with Crippen LogP contribution < -0.4 is 10.5 Å². The smallest absolute Gasteiger partial charge is 0.128 e. The van der Waals surface area contributed by atoms with Gasteiger partial charge < -0.3 is 10.5 Å². The third kappa shape index (κ3) is 3.12. The van der Waals surface area contributed by atoms with E-state index in [1.807, 2.05) is 37.3 Å². The van der Waals surface area contributed by atoms with Crippen LogP contribution in [-0.4, -0.2) is 7.11 Å². The topological polar surface area (TPSA) is 35.2 Å². The fraction of sp³-hybridized carbons (Fsp3) is 0.250. The molecule has 1 atom stereocenters. The molecular formula is C16H18FNO. The third-order valence-corrected chi connectivity index (χ3v) is 3.19. The van der Waals surface area contributed by atoms with Crippen molar-refractivity contribution in [1.82, 2.24) is 0 Å². The molecule has 0 fully saturated rings. The van der Waals surface area contributed by atoms with Gasteiger partial charge in [-0.05, 0) is 36.6 Å². The van der Waals surface area contributed by atoms with Gasteiger partial charge >= 0.3 is 0 Å². The number of nitrogens with two attached hydrogens (primary N) is 1. The molecule has 0 heterocycles. The lowest BCUT2D eigenvalue weighted by Crippen LogP contribution is -2.15. The van der Waals surface area contributed by atoms with Crippen LogP contribution in [0, 0.1) is 12.7 Å². The van der Waals surface area contributed by atoms with Gasteiger partial charge in [0.05, 0.1) is 7.11 Å². The van der Waals surface area contributed by atoms with Crippen LogP contribution in [0.3, 0.4) is 0 Å². The Hall–Kier alpha value is -1.87. The lowest BCUT2D eigenvalue weighted by Gasteiger charge is -2.15. The van der Waals surface area contributed by atoms with Gasteiger partial charge in [-0.15, -0.1) is 0 Å². The molecule has 2 nitrogen and oxygen atoms in total. The van der Waals surface area contributed by atoms with Crippen molar-refractivity contribution in [1.29, 1.82) is 0 Å². The number of benzene rings is 2.